The molecule has 84 valence electrons. The van der Waals surface area contributed by atoms with Crippen LogP contribution in [0.3, 0.4) is 0 Å². The zero-order chi connectivity index (χ0) is 11.9. The predicted molar refractivity (Wildman–Crippen MR) is 58.1 cm³/mol. The highest BCUT2D eigenvalue weighted by molar-refractivity contribution is 7.92. The summed E-state index contributed by atoms with van der Waals surface area (Å²) in [4.78, 5) is 0.0787. The Morgan fingerprint density at radius 3 is 2.20 bits per heavy atom. The lowest BCUT2D eigenvalue weighted by Crippen LogP contribution is -2.28. The van der Waals surface area contributed by atoms with Crippen LogP contribution in [0.4, 0.5) is 4.39 Å². The van der Waals surface area contributed by atoms with Crippen LogP contribution in [0.1, 0.15) is 26.3 Å². The van der Waals surface area contributed by atoms with E-state index in [1.165, 1.54) is 25.1 Å². The first-order chi connectivity index (χ1) is 6.68. The fourth-order valence-electron chi connectivity index (χ4n) is 1.21. The van der Waals surface area contributed by atoms with Crippen molar-refractivity contribution in [2.45, 2.75) is 37.3 Å². The summed E-state index contributed by atoms with van der Waals surface area (Å²) in [5.74, 6) is -0.486. The van der Waals surface area contributed by atoms with Crippen LogP contribution in [0.2, 0.25) is 0 Å². The average molecular weight is 230 g/mol. The Bertz CT molecular complexity index is 470. The first-order valence-corrected chi connectivity index (χ1v) is 6.16. The fourth-order valence-corrected chi connectivity index (χ4v) is 2.63. The normalized spacial score (nSPS) is 12.9. The van der Waals surface area contributed by atoms with E-state index < -0.39 is 20.4 Å². The lowest BCUT2D eigenvalue weighted by atomic mass is 10.2. The zero-order valence-corrected chi connectivity index (χ0v) is 10.2. The molecule has 0 heterocycles. The topological polar surface area (TPSA) is 34.1 Å². The predicted octanol–water partition coefficient (Wildman–Crippen LogP) is 2.71. The van der Waals surface area contributed by atoms with Gasteiger partial charge in [0, 0.05) is 5.56 Å². The Balaban J connectivity index is 3.49. The van der Waals surface area contributed by atoms with Crippen LogP contribution < -0.4 is 0 Å². The molecule has 0 aliphatic carbocycles. The smallest absolute Gasteiger partial charge is 0.183 e. The number of hydrogen-bond acceptors (Lipinski definition) is 2. The largest absolute Gasteiger partial charge is 0.223 e. The molecular formula is C11H15FO2S. The third-order valence-corrected chi connectivity index (χ3v) is 4.95. The van der Waals surface area contributed by atoms with Crippen molar-refractivity contribution in [3.63, 3.8) is 0 Å². The van der Waals surface area contributed by atoms with E-state index in [-0.39, 0.29) is 10.5 Å². The maximum Gasteiger partial charge on any atom is 0.183 e. The van der Waals surface area contributed by atoms with Gasteiger partial charge in [0.25, 0.3) is 0 Å². The Hall–Kier alpha value is -0.900. The van der Waals surface area contributed by atoms with Gasteiger partial charge in [-0.3, -0.25) is 0 Å². The van der Waals surface area contributed by atoms with E-state index in [0.717, 1.165) is 0 Å². The molecule has 0 saturated carbocycles. The Morgan fingerprint density at radius 1 is 1.20 bits per heavy atom. The van der Waals surface area contributed by atoms with Gasteiger partial charge in [0.15, 0.2) is 9.84 Å². The van der Waals surface area contributed by atoms with Crippen molar-refractivity contribution in [2.24, 2.45) is 0 Å². The molecule has 0 unspecified atom stereocenters. The summed E-state index contributed by atoms with van der Waals surface area (Å²) in [6, 6.07) is 4.12. The molecule has 1 rings (SSSR count). The van der Waals surface area contributed by atoms with Crippen molar-refractivity contribution >= 4 is 9.84 Å². The standard InChI is InChI=1S/C11H15FO2S/c1-8-9(12)6-5-7-10(8)15(13,14)11(2,3)4/h5-7H,1-4H3. The number of benzene rings is 1. The van der Waals surface area contributed by atoms with E-state index in [9.17, 15) is 12.8 Å². The number of rotatable bonds is 1. The van der Waals surface area contributed by atoms with Crippen LogP contribution in [-0.2, 0) is 9.84 Å². The SMILES string of the molecule is Cc1c(F)cccc1S(=O)(=O)C(C)(C)C. The Morgan fingerprint density at radius 2 is 1.73 bits per heavy atom. The van der Waals surface area contributed by atoms with Crippen LogP contribution in [-0.4, -0.2) is 13.2 Å². The summed E-state index contributed by atoms with van der Waals surface area (Å²) in [5.41, 5.74) is 0.187. The van der Waals surface area contributed by atoms with Crippen molar-refractivity contribution in [3.8, 4) is 0 Å². The summed E-state index contributed by atoms with van der Waals surface area (Å²) in [7, 11) is -3.47. The molecule has 0 spiro atoms. The van der Waals surface area contributed by atoms with Crippen LogP contribution in [0.5, 0.6) is 0 Å². The quantitative estimate of drug-likeness (QED) is 0.743. The molecule has 0 atom stereocenters. The minimum Gasteiger partial charge on any atom is -0.223 e. The molecule has 1 aromatic rings. The molecular weight excluding hydrogens is 215 g/mol. The summed E-state index contributed by atoms with van der Waals surface area (Å²) < 4.78 is 36.4. The van der Waals surface area contributed by atoms with Gasteiger partial charge in [0.05, 0.1) is 9.64 Å². The molecule has 15 heavy (non-hydrogen) atoms. The second-order valence-electron chi connectivity index (χ2n) is 4.48. The molecule has 0 aliphatic rings. The van der Waals surface area contributed by atoms with Crippen molar-refractivity contribution in [1.29, 1.82) is 0 Å². The summed E-state index contributed by atoms with van der Waals surface area (Å²) in [5, 5.41) is 0. The molecule has 0 aliphatic heterocycles. The van der Waals surface area contributed by atoms with Gasteiger partial charge in [-0.1, -0.05) is 6.07 Å². The van der Waals surface area contributed by atoms with Gasteiger partial charge in [0.1, 0.15) is 5.82 Å². The van der Waals surface area contributed by atoms with E-state index in [1.54, 1.807) is 20.8 Å². The first kappa shape index (κ1) is 12.2. The maximum atomic E-state index is 13.2. The second-order valence-corrected chi connectivity index (χ2v) is 7.15. The number of hydrogen-bond donors (Lipinski definition) is 0. The highest BCUT2D eigenvalue weighted by Gasteiger charge is 2.32. The zero-order valence-electron chi connectivity index (χ0n) is 9.33. The fraction of sp³-hybridized carbons (Fsp3) is 0.455. The van der Waals surface area contributed by atoms with Crippen LogP contribution in [0.15, 0.2) is 23.1 Å². The molecule has 4 heteroatoms. The summed E-state index contributed by atoms with van der Waals surface area (Å²) >= 11 is 0. The van der Waals surface area contributed by atoms with Crippen molar-refractivity contribution < 1.29 is 12.8 Å². The summed E-state index contributed by atoms with van der Waals surface area (Å²) in [6.07, 6.45) is 0. The lowest BCUT2D eigenvalue weighted by Gasteiger charge is -2.20. The van der Waals surface area contributed by atoms with Gasteiger partial charge < -0.3 is 0 Å². The third-order valence-electron chi connectivity index (χ3n) is 2.31. The molecule has 0 fully saturated rings. The van der Waals surface area contributed by atoms with Crippen LogP contribution in [0.25, 0.3) is 0 Å². The van der Waals surface area contributed by atoms with Crippen molar-refractivity contribution in [2.75, 3.05) is 0 Å². The van der Waals surface area contributed by atoms with Gasteiger partial charge in [-0.05, 0) is 39.8 Å². The Kier molecular flexibility index (Phi) is 2.92. The van der Waals surface area contributed by atoms with E-state index in [2.05, 4.69) is 0 Å². The molecule has 0 saturated heterocycles. The second kappa shape index (κ2) is 3.59. The Labute approximate surface area is 90.0 Å². The maximum absolute atomic E-state index is 13.2. The number of halogens is 1. The summed E-state index contributed by atoms with van der Waals surface area (Å²) in [6.45, 7) is 6.29. The number of sulfone groups is 1. The monoisotopic (exact) mass is 230 g/mol. The van der Waals surface area contributed by atoms with Gasteiger partial charge in [-0.2, -0.15) is 0 Å². The molecule has 0 amide bonds. The van der Waals surface area contributed by atoms with Gasteiger partial charge in [0.2, 0.25) is 0 Å². The minimum atomic E-state index is -3.47. The van der Waals surface area contributed by atoms with Crippen LogP contribution in [0, 0.1) is 12.7 Å². The van der Waals surface area contributed by atoms with E-state index in [1.807, 2.05) is 0 Å². The molecule has 0 N–H and O–H groups in total. The lowest BCUT2D eigenvalue weighted by molar-refractivity contribution is 0.555. The highest BCUT2D eigenvalue weighted by Crippen LogP contribution is 2.28. The average Bonchev–Trinajstić information content (AvgIpc) is 2.07. The van der Waals surface area contributed by atoms with Crippen molar-refractivity contribution in [1.82, 2.24) is 0 Å². The van der Waals surface area contributed by atoms with Gasteiger partial charge in [-0.25, -0.2) is 12.8 Å². The first-order valence-electron chi connectivity index (χ1n) is 4.67. The molecule has 0 aromatic heterocycles. The van der Waals surface area contributed by atoms with E-state index in [0.29, 0.717) is 0 Å². The molecule has 2 nitrogen and oxygen atoms in total. The molecule has 1 aromatic carbocycles. The van der Waals surface area contributed by atoms with Crippen molar-refractivity contribution in [3.05, 3.63) is 29.6 Å². The van der Waals surface area contributed by atoms with Crippen LogP contribution >= 0.6 is 0 Å². The highest BCUT2D eigenvalue weighted by atomic mass is 32.2. The van der Waals surface area contributed by atoms with E-state index >= 15 is 0 Å². The molecule has 0 bridgehead atoms. The third kappa shape index (κ3) is 2.04. The minimum absolute atomic E-state index is 0.0787. The van der Waals surface area contributed by atoms with Gasteiger partial charge >= 0.3 is 0 Å². The van der Waals surface area contributed by atoms with E-state index in [4.69, 9.17) is 0 Å². The molecule has 0 radical (unpaired) electrons. The van der Waals surface area contributed by atoms with Gasteiger partial charge in [-0.15, -0.1) is 0 Å².